The quantitative estimate of drug-likeness (QED) is 0.906. The van der Waals surface area contributed by atoms with E-state index < -0.39 is 0 Å². The van der Waals surface area contributed by atoms with Crippen molar-refractivity contribution >= 4 is 24.6 Å². The molecule has 100 valence electrons. The molecule has 19 heavy (non-hydrogen) atoms. The Morgan fingerprint density at radius 3 is 2.47 bits per heavy atom. The van der Waals surface area contributed by atoms with Crippen LogP contribution in [0.5, 0.6) is 5.75 Å². The lowest BCUT2D eigenvalue weighted by molar-refractivity contribution is 0.274. The normalized spacial score (nSPS) is 10.4. The molecule has 0 aliphatic rings. The van der Waals surface area contributed by atoms with Crippen molar-refractivity contribution in [2.24, 2.45) is 0 Å². The summed E-state index contributed by atoms with van der Waals surface area (Å²) >= 11 is 0. The fraction of sp³-hybridized carbons (Fsp3) is 0.133. The zero-order chi connectivity index (χ0) is 13.0. The number of aryl methyl sites for hydroxylation is 1. The number of hydrogen-bond acceptors (Lipinski definition) is 3. The van der Waals surface area contributed by atoms with Crippen LogP contribution in [0.15, 0.2) is 36.5 Å². The first-order chi connectivity index (χ1) is 8.72. The van der Waals surface area contributed by atoms with Crippen LogP contribution in [0.3, 0.4) is 0 Å². The van der Waals surface area contributed by atoms with Crippen molar-refractivity contribution in [3.63, 3.8) is 0 Å². The van der Waals surface area contributed by atoms with Crippen molar-refractivity contribution in [3.05, 3.63) is 58.9 Å². The summed E-state index contributed by atoms with van der Waals surface area (Å²) in [5, 5.41) is 19.1. The second-order valence-corrected chi connectivity index (χ2v) is 4.03. The number of aliphatic hydroxyl groups is 1. The average Bonchev–Trinajstić information content (AvgIpc) is 2.41. The standard InChI is InChI=1S/C15H15NO2.ClH/c1-11-15(18)14(10-17)13(9-16-11)8-7-12-5-3-2-4-6-12;/h2-9,17-18H,10H2,1H3;1H. The van der Waals surface area contributed by atoms with Gasteiger partial charge in [0, 0.05) is 17.3 Å². The number of aliphatic hydroxyl groups excluding tert-OH is 1. The van der Waals surface area contributed by atoms with Crippen molar-refractivity contribution in [1.82, 2.24) is 4.98 Å². The molecule has 1 aromatic carbocycles. The van der Waals surface area contributed by atoms with E-state index in [1.165, 1.54) is 0 Å². The minimum atomic E-state index is -0.205. The number of aromatic hydroxyl groups is 1. The molecule has 0 saturated carbocycles. The van der Waals surface area contributed by atoms with E-state index in [-0.39, 0.29) is 24.8 Å². The summed E-state index contributed by atoms with van der Waals surface area (Å²) in [6.07, 6.45) is 5.41. The molecule has 0 amide bonds. The largest absolute Gasteiger partial charge is 0.506 e. The topological polar surface area (TPSA) is 53.4 Å². The Bertz CT molecular complexity index is 568. The maximum Gasteiger partial charge on any atom is 0.142 e. The van der Waals surface area contributed by atoms with Gasteiger partial charge in [0.15, 0.2) is 0 Å². The predicted molar refractivity (Wildman–Crippen MR) is 79.2 cm³/mol. The molecule has 4 heteroatoms. The fourth-order valence-electron chi connectivity index (χ4n) is 1.72. The van der Waals surface area contributed by atoms with Crippen LogP contribution in [0.2, 0.25) is 0 Å². The van der Waals surface area contributed by atoms with E-state index in [2.05, 4.69) is 4.98 Å². The maximum atomic E-state index is 9.82. The summed E-state index contributed by atoms with van der Waals surface area (Å²) in [5.74, 6) is 0.0627. The lowest BCUT2D eigenvalue weighted by Gasteiger charge is -2.07. The van der Waals surface area contributed by atoms with Gasteiger partial charge in [0.25, 0.3) is 0 Å². The summed E-state index contributed by atoms with van der Waals surface area (Å²) < 4.78 is 0. The van der Waals surface area contributed by atoms with Crippen molar-refractivity contribution < 1.29 is 10.2 Å². The molecular formula is C15H16ClNO2. The average molecular weight is 278 g/mol. The number of rotatable bonds is 3. The molecule has 1 heterocycles. The predicted octanol–water partition coefficient (Wildman–Crippen LogP) is 3.18. The number of aromatic nitrogens is 1. The molecule has 0 unspecified atom stereocenters. The number of pyridine rings is 1. The molecule has 2 N–H and O–H groups in total. The highest BCUT2D eigenvalue weighted by Crippen LogP contribution is 2.25. The summed E-state index contributed by atoms with van der Waals surface area (Å²) in [7, 11) is 0. The Kier molecular flexibility index (Phi) is 5.55. The minimum Gasteiger partial charge on any atom is -0.506 e. The summed E-state index contributed by atoms with van der Waals surface area (Å²) in [4.78, 5) is 4.09. The van der Waals surface area contributed by atoms with Gasteiger partial charge >= 0.3 is 0 Å². The summed E-state index contributed by atoms with van der Waals surface area (Å²) in [6, 6.07) is 9.83. The van der Waals surface area contributed by atoms with Gasteiger partial charge in [-0.05, 0) is 12.5 Å². The van der Waals surface area contributed by atoms with E-state index >= 15 is 0 Å². The van der Waals surface area contributed by atoms with E-state index in [1.54, 1.807) is 13.1 Å². The lowest BCUT2D eigenvalue weighted by Crippen LogP contribution is -1.94. The zero-order valence-corrected chi connectivity index (χ0v) is 11.4. The van der Waals surface area contributed by atoms with Crippen LogP contribution in [0.4, 0.5) is 0 Å². The van der Waals surface area contributed by atoms with Crippen molar-refractivity contribution in [3.8, 4) is 5.75 Å². The van der Waals surface area contributed by atoms with Gasteiger partial charge in [-0.25, -0.2) is 0 Å². The molecule has 0 atom stereocenters. The monoisotopic (exact) mass is 277 g/mol. The molecule has 1 aromatic heterocycles. The SMILES string of the molecule is Cc1ncc(C=Cc2ccccc2)c(CO)c1O.Cl. The molecule has 0 spiro atoms. The van der Waals surface area contributed by atoms with E-state index in [9.17, 15) is 10.2 Å². The maximum absolute atomic E-state index is 9.82. The number of hydrogen-bond donors (Lipinski definition) is 2. The first kappa shape index (κ1) is 15.2. The van der Waals surface area contributed by atoms with Crippen molar-refractivity contribution in [1.29, 1.82) is 0 Å². The number of nitrogens with zero attached hydrogens (tertiary/aromatic N) is 1. The third kappa shape index (κ3) is 3.56. The second-order valence-electron chi connectivity index (χ2n) is 4.03. The van der Waals surface area contributed by atoms with Crippen molar-refractivity contribution in [2.75, 3.05) is 0 Å². The fourth-order valence-corrected chi connectivity index (χ4v) is 1.72. The van der Waals surface area contributed by atoms with Crippen LogP contribution in [0, 0.1) is 6.92 Å². The Hall–Kier alpha value is -1.84. The Morgan fingerprint density at radius 1 is 1.16 bits per heavy atom. The van der Waals surface area contributed by atoms with Crippen molar-refractivity contribution in [2.45, 2.75) is 13.5 Å². The molecule has 0 aliphatic heterocycles. The lowest BCUT2D eigenvalue weighted by atomic mass is 10.1. The molecule has 0 bridgehead atoms. The van der Waals surface area contributed by atoms with E-state index in [0.717, 1.165) is 11.1 Å². The van der Waals surface area contributed by atoms with Gasteiger partial charge in [-0.3, -0.25) is 4.98 Å². The summed E-state index contributed by atoms with van der Waals surface area (Å²) in [5.41, 5.74) is 2.82. The highest BCUT2D eigenvalue weighted by molar-refractivity contribution is 5.85. The molecule has 0 fully saturated rings. The van der Waals surface area contributed by atoms with Gasteiger partial charge < -0.3 is 10.2 Å². The molecule has 2 rings (SSSR count). The van der Waals surface area contributed by atoms with Gasteiger partial charge in [-0.1, -0.05) is 42.5 Å². The molecular weight excluding hydrogens is 262 g/mol. The van der Waals surface area contributed by atoms with Gasteiger partial charge in [0.05, 0.1) is 12.3 Å². The highest BCUT2D eigenvalue weighted by atomic mass is 35.5. The third-order valence-corrected chi connectivity index (χ3v) is 2.79. The molecule has 0 saturated heterocycles. The van der Waals surface area contributed by atoms with Gasteiger partial charge in [-0.15, -0.1) is 12.4 Å². The first-order valence-electron chi connectivity index (χ1n) is 5.74. The van der Waals surface area contributed by atoms with E-state index in [1.807, 2.05) is 42.5 Å². The van der Waals surface area contributed by atoms with E-state index in [0.29, 0.717) is 11.3 Å². The molecule has 0 radical (unpaired) electrons. The Labute approximate surface area is 118 Å². The number of benzene rings is 1. The van der Waals surface area contributed by atoms with Crippen LogP contribution in [0.1, 0.15) is 22.4 Å². The Balaban J connectivity index is 0.00000180. The Morgan fingerprint density at radius 2 is 1.84 bits per heavy atom. The summed E-state index contributed by atoms with van der Waals surface area (Å²) in [6.45, 7) is 1.50. The highest BCUT2D eigenvalue weighted by Gasteiger charge is 2.08. The zero-order valence-electron chi connectivity index (χ0n) is 10.6. The minimum absolute atomic E-state index is 0. The van der Waals surface area contributed by atoms with Crippen LogP contribution in [0.25, 0.3) is 12.2 Å². The van der Waals surface area contributed by atoms with Crippen LogP contribution >= 0.6 is 12.4 Å². The van der Waals surface area contributed by atoms with E-state index in [4.69, 9.17) is 0 Å². The number of halogens is 1. The molecule has 2 aromatic rings. The third-order valence-electron chi connectivity index (χ3n) is 2.79. The molecule has 0 aliphatic carbocycles. The van der Waals surface area contributed by atoms with Crippen LogP contribution in [-0.2, 0) is 6.61 Å². The smallest absolute Gasteiger partial charge is 0.142 e. The van der Waals surface area contributed by atoms with Gasteiger partial charge in [-0.2, -0.15) is 0 Å². The van der Waals surface area contributed by atoms with Crippen LogP contribution < -0.4 is 0 Å². The van der Waals surface area contributed by atoms with Gasteiger partial charge in [0.1, 0.15) is 5.75 Å². The first-order valence-corrected chi connectivity index (χ1v) is 5.74. The molecule has 3 nitrogen and oxygen atoms in total. The van der Waals surface area contributed by atoms with Gasteiger partial charge in [0.2, 0.25) is 0 Å². The van der Waals surface area contributed by atoms with Crippen LogP contribution in [-0.4, -0.2) is 15.2 Å². The second kappa shape index (κ2) is 6.92.